The molecular formula is C51H30N4O2. The minimum Gasteiger partial charge on any atom is -0.456 e. The van der Waals surface area contributed by atoms with Crippen LogP contribution in [0.25, 0.3) is 117 Å². The molecule has 6 heteroatoms. The normalized spacial score (nSPS) is 11.9. The third kappa shape index (κ3) is 4.94. The summed E-state index contributed by atoms with van der Waals surface area (Å²) >= 11 is 0. The van der Waals surface area contributed by atoms with Gasteiger partial charge in [-0.05, 0) is 59.7 Å². The van der Waals surface area contributed by atoms with Gasteiger partial charge in [-0.15, -0.1) is 0 Å². The molecule has 0 radical (unpaired) electrons. The Labute approximate surface area is 325 Å². The standard InChI is InChI=1S/C51H30N4O2/c1-3-12-31(13-4-1)32-22-24-33(25-23-32)49-52-50(34-26-27-38-37-17-8-10-21-44(37)56-45(38)30-34)54-51(53-49)42-19-11-18-40-41-29-28-39-36-16-7-9-20-43(36)55(35-14-5-2-6-15-35)46(39)48(41)57-47(40)42/h1-30H. The van der Waals surface area contributed by atoms with Crippen LogP contribution in [0.4, 0.5) is 0 Å². The fourth-order valence-electron chi connectivity index (χ4n) is 8.39. The number of furan rings is 2. The highest BCUT2D eigenvalue weighted by atomic mass is 16.3. The van der Waals surface area contributed by atoms with Gasteiger partial charge in [0.2, 0.25) is 0 Å². The van der Waals surface area contributed by atoms with Crippen LogP contribution < -0.4 is 0 Å². The van der Waals surface area contributed by atoms with Crippen LogP contribution in [0.5, 0.6) is 0 Å². The molecule has 0 unspecified atom stereocenters. The molecule has 4 aromatic heterocycles. The zero-order valence-corrected chi connectivity index (χ0v) is 30.4. The minimum absolute atomic E-state index is 0.524. The SMILES string of the molecule is c1ccc(-c2ccc(-c3nc(-c4ccc5c(c4)oc4ccccc45)nc(-c4cccc5c4oc4c5ccc5c6ccccc6n(-c6ccccc6)c54)n3)cc2)cc1. The molecule has 0 N–H and O–H groups in total. The van der Waals surface area contributed by atoms with Crippen molar-refractivity contribution in [3.05, 3.63) is 182 Å². The van der Waals surface area contributed by atoms with Crippen molar-refractivity contribution in [3.63, 3.8) is 0 Å². The van der Waals surface area contributed by atoms with E-state index in [0.717, 1.165) is 93.8 Å². The van der Waals surface area contributed by atoms with E-state index in [2.05, 4.69) is 144 Å². The summed E-state index contributed by atoms with van der Waals surface area (Å²) in [7, 11) is 0. The number of rotatable bonds is 5. The summed E-state index contributed by atoms with van der Waals surface area (Å²) in [5.41, 5.74) is 11.2. The predicted octanol–water partition coefficient (Wildman–Crippen LogP) is 13.4. The van der Waals surface area contributed by atoms with Crippen molar-refractivity contribution < 1.29 is 8.83 Å². The number of fused-ring (bicyclic) bond motifs is 10. The fourth-order valence-corrected chi connectivity index (χ4v) is 8.39. The molecule has 0 saturated carbocycles. The van der Waals surface area contributed by atoms with E-state index in [4.69, 9.17) is 23.8 Å². The van der Waals surface area contributed by atoms with Crippen molar-refractivity contribution in [1.29, 1.82) is 0 Å². The Morgan fingerprint density at radius 2 is 0.930 bits per heavy atom. The lowest BCUT2D eigenvalue weighted by atomic mass is 10.0. The van der Waals surface area contributed by atoms with Gasteiger partial charge in [0.15, 0.2) is 23.1 Å². The monoisotopic (exact) mass is 730 g/mol. The van der Waals surface area contributed by atoms with E-state index in [0.29, 0.717) is 17.5 Å². The van der Waals surface area contributed by atoms with Gasteiger partial charge in [-0.1, -0.05) is 133 Å². The quantitative estimate of drug-likeness (QED) is 0.176. The van der Waals surface area contributed by atoms with Crippen molar-refractivity contribution in [3.8, 4) is 51.0 Å². The number of hydrogen-bond acceptors (Lipinski definition) is 5. The summed E-state index contributed by atoms with van der Waals surface area (Å²) in [6.45, 7) is 0. The number of aromatic nitrogens is 4. The van der Waals surface area contributed by atoms with E-state index in [1.165, 1.54) is 5.39 Å². The van der Waals surface area contributed by atoms with Gasteiger partial charge in [-0.3, -0.25) is 0 Å². The van der Waals surface area contributed by atoms with Crippen LogP contribution in [0.2, 0.25) is 0 Å². The maximum atomic E-state index is 7.05. The third-order valence-corrected chi connectivity index (χ3v) is 11.1. The van der Waals surface area contributed by atoms with Crippen molar-refractivity contribution >= 4 is 65.7 Å². The van der Waals surface area contributed by atoms with Gasteiger partial charge in [-0.25, -0.2) is 15.0 Å². The summed E-state index contributed by atoms with van der Waals surface area (Å²) in [5.74, 6) is 1.64. The van der Waals surface area contributed by atoms with Crippen molar-refractivity contribution in [2.45, 2.75) is 0 Å². The minimum atomic E-state index is 0.524. The first-order valence-corrected chi connectivity index (χ1v) is 19.0. The molecule has 12 rings (SSSR count). The summed E-state index contributed by atoms with van der Waals surface area (Å²) < 4.78 is 15.7. The molecule has 6 nitrogen and oxygen atoms in total. The van der Waals surface area contributed by atoms with Gasteiger partial charge in [0.1, 0.15) is 16.7 Å². The van der Waals surface area contributed by atoms with Crippen molar-refractivity contribution in [2.75, 3.05) is 0 Å². The molecule has 12 aromatic rings. The Balaban J connectivity index is 1.09. The molecule has 8 aromatic carbocycles. The lowest BCUT2D eigenvalue weighted by Gasteiger charge is -2.09. The highest BCUT2D eigenvalue weighted by Crippen LogP contribution is 2.42. The van der Waals surface area contributed by atoms with Gasteiger partial charge >= 0.3 is 0 Å². The number of hydrogen-bond donors (Lipinski definition) is 0. The molecule has 266 valence electrons. The highest BCUT2D eigenvalue weighted by Gasteiger charge is 2.22. The second-order valence-electron chi connectivity index (χ2n) is 14.4. The van der Waals surface area contributed by atoms with Gasteiger partial charge in [0.25, 0.3) is 0 Å². The zero-order chi connectivity index (χ0) is 37.5. The van der Waals surface area contributed by atoms with E-state index in [1.54, 1.807) is 0 Å². The smallest absolute Gasteiger partial charge is 0.167 e. The van der Waals surface area contributed by atoms with E-state index < -0.39 is 0 Å². The summed E-state index contributed by atoms with van der Waals surface area (Å²) in [6.07, 6.45) is 0. The van der Waals surface area contributed by atoms with E-state index in [1.807, 2.05) is 42.5 Å². The van der Waals surface area contributed by atoms with Crippen LogP contribution in [0.3, 0.4) is 0 Å². The topological polar surface area (TPSA) is 69.9 Å². The molecule has 0 aliphatic heterocycles. The second-order valence-corrected chi connectivity index (χ2v) is 14.4. The summed E-state index contributed by atoms with van der Waals surface area (Å²) in [4.78, 5) is 15.4. The van der Waals surface area contributed by atoms with Crippen LogP contribution in [0.1, 0.15) is 0 Å². The molecule has 0 aliphatic rings. The molecule has 0 aliphatic carbocycles. The van der Waals surface area contributed by atoms with Gasteiger partial charge in [0.05, 0.1) is 16.6 Å². The van der Waals surface area contributed by atoms with Crippen LogP contribution >= 0.6 is 0 Å². The Morgan fingerprint density at radius 1 is 0.351 bits per heavy atom. The van der Waals surface area contributed by atoms with Crippen LogP contribution in [-0.4, -0.2) is 19.5 Å². The molecule has 0 fully saturated rings. The lowest BCUT2D eigenvalue weighted by Crippen LogP contribution is -2.00. The maximum absolute atomic E-state index is 7.05. The number of nitrogens with zero attached hydrogens (tertiary/aromatic N) is 4. The van der Waals surface area contributed by atoms with E-state index in [-0.39, 0.29) is 0 Å². The first kappa shape index (κ1) is 31.5. The molecule has 57 heavy (non-hydrogen) atoms. The van der Waals surface area contributed by atoms with Crippen LogP contribution in [-0.2, 0) is 0 Å². The Morgan fingerprint density at radius 3 is 1.77 bits per heavy atom. The zero-order valence-electron chi connectivity index (χ0n) is 30.4. The molecule has 0 bridgehead atoms. The lowest BCUT2D eigenvalue weighted by molar-refractivity contribution is 0.669. The Bertz CT molecular complexity index is 3510. The fraction of sp³-hybridized carbons (Fsp3) is 0. The first-order valence-electron chi connectivity index (χ1n) is 19.0. The maximum Gasteiger partial charge on any atom is 0.167 e. The molecule has 0 amide bonds. The third-order valence-electron chi connectivity index (χ3n) is 11.1. The highest BCUT2D eigenvalue weighted by molar-refractivity contribution is 6.22. The van der Waals surface area contributed by atoms with Crippen molar-refractivity contribution in [2.24, 2.45) is 0 Å². The van der Waals surface area contributed by atoms with Crippen LogP contribution in [0, 0.1) is 0 Å². The largest absolute Gasteiger partial charge is 0.456 e. The molecule has 4 heterocycles. The van der Waals surface area contributed by atoms with Crippen LogP contribution in [0.15, 0.2) is 191 Å². The summed E-state index contributed by atoms with van der Waals surface area (Å²) in [6, 6.07) is 62.6. The second kappa shape index (κ2) is 12.3. The molecule has 0 saturated heterocycles. The Kier molecular flexibility index (Phi) is 6.83. The molecular weight excluding hydrogens is 701 g/mol. The van der Waals surface area contributed by atoms with Crippen molar-refractivity contribution in [1.82, 2.24) is 19.5 Å². The average molecular weight is 731 g/mol. The predicted molar refractivity (Wildman–Crippen MR) is 230 cm³/mol. The van der Waals surface area contributed by atoms with Gasteiger partial charge in [0, 0.05) is 49.1 Å². The summed E-state index contributed by atoms with van der Waals surface area (Å²) in [5, 5.41) is 6.45. The average Bonchev–Trinajstić information content (AvgIpc) is 3.96. The number of para-hydroxylation sites is 4. The first-order chi connectivity index (χ1) is 28.2. The molecule has 0 spiro atoms. The molecule has 0 atom stereocenters. The van der Waals surface area contributed by atoms with Gasteiger partial charge < -0.3 is 13.4 Å². The number of benzene rings is 8. The van der Waals surface area contributed by atoms with Gasteiger partial charge in [-0.2, -0.15) is 0 Å². The van der Waals surface area contributed by atoms with E-state index >= 15 is 0 Å². The van der Waals surface area contributed by atoms with E-state index in [9.17, 15) is 0 Å². The Hall–Kier alpha value is -7.83.